The van der Waals surface area contributed by atoms with E-state index >= 15 is 0 Å². The smallest absolute Gasteiger partial charge is 0.408 e. The monoisotopic (exact) mass is 928 g/mol. The summed E-state index contributed by atoms with van der Waals surface area (Å²) < 4.78 is 5.55. The minimum atomic E-state index is -1.11. The number of ether oxygens (including phenoxy) is 1. The molecule has 7 heterocycles. The average molecular weight is 929 g/mol. The highest BCUT2D eigenvalue weighted by Crippen LogP contribution is 2.50. The number of carbonyl (C=O) groups excluding carboxylic acids is 1. The highest BCUT2D eigenvalue weighted by atomic mass is 32.2. The number of hydrogen-bond acceptors (Lipinski definition) is 18. The van der Waals surface area contributed by atoms with E-state index in [1.165, 1.54) is 11.8 Å². The molecule has 0 bridgehead atoms. The van der Waals surface area contributed by atoms with Gasteiger partial charge in [-0.05, 0) is 76.2 Å². The molecule has 20 heteroatoms. The van der Waals surface area contributed by atoms with Gasteiger partial charge < -0.3 is 15.2 Å². The number of nitrogens with zero attached hydrogens (tertiary/aromatic N) is 7. The number of aliphatic imine (C=N–C) groups is 7. The van der Waals surface area contributed by atoms with Crippen molar-refractivity contribution in [2.75, 3.05) is 46.0 Å². The molecule has 0 aromatic heterocycles. The minimum Gasteiger partial charge on any atom is -0.479 e. The quantitative estimate of drug-likeness (QED) is 0.185. The number of rotatable bonds is 10. The van der Waals surface area contributed by atoms with Gasteiger partial charge in [-0.15, -0.1) is 82.3 Å². The first-order valence-corrected chi connectivity index (χ1v) is 26.3. The predicted octanol–water partition coefficient (Wildman–Crippen LogP) is 7.61. The van der Waals surface area contributed by atoms with Gasteiger partial charge >= 0.3 is 12.1 Å². The Bertz CT molecular complexity index is 2000. The number of thioether (sulfide) groups is 7. The van der Waals surface area contributed by atoms with E-state index in [0.717, 1.165) is 69.8 Å². The fourth-order valence-electron chi connectivity index (χ4n) is 6.88. The molecule has 0 aromatic rings. The Morgan fingerprint density at radius 2 is 0.895 bits per heavy atom. The van der Waals surface area contributed by atoms with Crippen LogP contribution in [0.25, 0.3) is 0 Å². The summed E-state index contributed by atoms with van der Waals surface area (Å²) in [6.07, 6.45) is -0.487. The molecule has 0 fully saturated rings. The first-order valence-electron chi connectivity index (χ1n) is 18.8. The second-order valence-corrected chi connectivity index (χ2v) is 25.3. The van der Waals surface area contributed by atoms with Crippen LogP contribution in [-0.4, -0.2) is 148 Å². The first kappa shape index (κ1) is 44.3. The lowest BCUT2D eigenvalue weighted by Crippen LogP contribution is -2.53. The van der Waals surface area contributed by atoms with Crippen molar-refractivity contribution in [3.63, 3.8) is 0 Å². The molecule has 2 N–H and O–H groups in total. The van der Waals surface area contributed by atoms with Crippen molar-refractivity contribution in [1.29, 1.82) is 0 Å². The summed E-state index contributed by atoms with van der Waals surface area (Å²) in [5.74, 6) is 4.51. The summed E-state index contributed by atoms with van der Waals surface area (Å²) in [6.45, 7) is 22.1. The SMILES string of the molecule is CC(C)(C)OC(=O)N[C@@](C)(CS)C1=N[C@](C)(C2=N[C@](C)(C3=N[C@](C)(C4=N[C@](C)(C5=N[C@](C)(C6=N[C@](C)(C7=N[C@](C)(C(=O)O)CS7)CS6)CS5)CS4)CS3)CS2)CS1. The van der Waals surface area contributed by atoms with Crippen LogP contribution in [-0.2, 0) is 9.53 Å². The summed E-state index contributed by atoms with van der Waals surface area (Å²) in [6, 6.07) is 0. The van der Waals surface area contributed by atoms with Crippen molar-refractivity contribution < 1.29 is 19.4 Å². The molecule has 0 spiro atoms. The average Bonchev–Trinajstić information content (AvgIpc) is 3.96. The molecule has 12 nitrogen and oxygen atoms in total. The molecule has 7 rings (SSSR count). The summed E-state index contributed by atoms with van der Waals surface area (Å²) >= 11 is 16.5. The van der Waals surface area contributed by atoms with Crippen molar-refractivity contribution >= 4 is 142 Å². The van der Waals surface area contributed by atoms with Crippen molar-refractivity contribution in [3.05, 3.63) is 0 Å². The molecule has 0 unspecified atom stereocenters. The Kier molecular flexibility index (Phi) is 11.6. The van der Waals surface area contributed by atoms with Crippen LogP contribution in [0.4, 0.5) is 4.79 Å². The molecule has 312 valence electrons. The van der Waals surface area contributed by atoms with Gasteiger partial charge in [0.15, 0.2) is 5.54 Å². The van der Waals surface area contributed by atoms with Crippen LogP contribution in [0.15, 0.2) is 34.9 Å². The van der Waals surface area contributed by atoms with Gasteiger partial charge in [-0.25, -0.2) is 9.59 Å². The zero-order valence-corrected chi connectivity index (χ0v) is 40.9. The molecule has 57 heavy (non-hydrogen) atoms. The van der Waals surface area contributed by atoms with Crippen LogP contribution in [0.2, 0.25) is 0 Å². The van der Waals surface area contributed by atoms with Gasteiger partial charge in [0.1, 0.15) is 38.8 Å². The highest BCUT2D eigenvalue weighted by molar-refractivity contribution is 8.18. The number of hydrogen-bond donors (Lipinski definition) is 3. The zero-order chi connectivity index (χ0) is 41.7. The summed E-state index contributed by atoms with van der Waals surface area (Å²) in [4.78, 5) is 61.1. The Morgan fingerprint density at radius 3 is 1.21 bits per heavy atom. The minimum absolute atomic E-state index is 0.380. The van der Waals surface area contributed by atoms with Crippen LogP contribution < -0.4 is 5.32 Å². The highest BCUT2D eigenvalue weighted by Gasteiger charge is 2.54. The number of carboxylic acids is 1. The van der Waals surface area contributed by atoms with E-state index in [9.17, 15) is 14.7 Å². The maximum atomic E-state index is 12.7. The first-order chi connectivity index (χ1) is 26.3. The molecular formula is C37H52N8O4S8. The largest absolute Gasteiger partial charge is 0.479 e. The van der Waals surface area contributed by atoms with E-state index in [4.69, 9.17) is 34.7 Å². The third-order valence-corrected chi connectivity index (χ3v) is 21.9. The number of alkyl carbamates (subject to hydrolysis) is 1. The molecule has 0 aliphatic carbocycles. The Hall–Kier alpha value is -0.770. The summed E-state index contributed by atoms with van der Waals surface area (Å²) in [5.41, 5.74) is -5.43. The third-order valence-electron chi connectivity index (χ3n) is 10.7. The van der Waals surface area contributed by atoms with E-state index in [1.807, 2.05) is 27.7 Å². The van der Waals surface area contributed by atoms with Crippen molar-refractivity contribution in [3.8, 4) is 0 Å². The molecule has 8 atom stereocenters. The maximum absolute atomic E-state index is 12.7. The van der Waals surface area contributed by atoms with Crippen molar-refractivity contribution in [2.45, 2.75) is 126 Å². The van der Waals surface area contributed by atoms with Crippen molar-refractivity contribution in [2.24, 2.45) is 34.9 Å². The van der Waals surface area contributed by atoms with Gasteiger partial charge in [-0.2, -0.15) is 12.6 Å². The molecule has 0 saturated carbocycles. The summed E-state index contributed by atoms with van der Waals surface area (Å²) in [7, 11) is 0. The van der Waals surface area contributed by atoms with Crippen LogP contribution in [0.1, 0.15) is 76.2 Å². The van der Waals surface area contributed by atoms with Gasteiger partial charge in [0.2, 0.25) is 0 Å². The normalized spacial score (nSPS) is 40.2. The van der Waals surface area contributed by atoms with Crippen LogP contribution >= 0.6 is 95.0 Å². The van der Waals surface area contributed by atoms with E-state index < -0.39 is 62.0 Å². The number of aliphatic carboxylic acids is 1. The van der Waals surface area contributed by atoms with Gasteiger partial charge in [0, 0.05) is 46.0 Å². The second kappa shape index (κ2) is 15.0. The molecule has 1 amide bonds. The van der Waals surface area contributed by atoms with Crippen LogP contribution in [0, 0.1) is 0 Å². The number of amides is 1. The predicted molar refractivity (Wildman–Crippen MR) is 257 cm³/mol. The number of nitrogens with one attached hydrogen (secondary N) is 1. The standard InChI is InChI=1S/C37H52N8O4S8/c1-29(2,3)49-28(48)45-30(4,12-50)20-38-31(5,13-51-20)21-39-32(6,14-52-21)22-40-33(7,15-53-22)23-41-34(8,16-54-23)24-42-35(9,17-55-24)25-43-36(10,18-56-25)26-44-37(11,19-57-26)27(46)47/h50H,12-19H2,1-11H3,(H,45,48)(H,46,47)/t30-,31-,32-,33-,34-,35-,36-,37-/m0/s1. The molecular weight excluding hydrogens is 877 g/mol. The number of carbonyl (C=O) groups is 2. The molecule has 0 saturated heterocycles. The fourth-order valence-corrected chi connectivity index (χ4v) is 17.0. The van der Waals surface area contributed by atoms with Gasteiger partial charge in [0.25, 0.3) is 0 Å². The lowest BCUT2D eigenvalue weighted by molar-refractivity contribution is -0.141. The molecule has 7 aliphatic rings. The Morgan fingerprint density at radius 1 is 0.579 bits per heavy atom. The molecule has 7 aliphatic heterocycles. The number of carboxylic acid groups (broad SMARTS) is 1. The van der Waals surface area contributed by atoms with E-state index in [0.29, 0.717) is 11.5 Å². The topological polar surface area (TPSA) is 162 Å². The lowest BCUT2D eigenvalue weighted by atomic mass is 10.0. The van der Waals surface area contributed by atoms with E-state index in [2.05, 4.69) is 64.5 Å². The number of thiol groups is 1. The maximum Gasteiger partial charge on any atom is 0.408 e. The van der Waals surface area contributed by atoms with Gasteiger partial charge in [-0.3, -0.25) is 34.9 Å². The van der Waals surface area contributed by atoms with Crippen LogP contribution in [0.5, 0.6) is 0 Å². The molecule has 0 radical (unpaired) electrons. The van der Waals surface area contributed by atoms with Crippen molar-refractivity contribution in [1.82, 2.24) is 5.32 Å². The third kappa shape index (κ3) is 8.31. The molecule has 0 aromatic carbocycles. The van der Waals surface area contributed by atoms with E-state index in [1.54, 1.807) is 77.5 Å². The zero-order valence-electron chi connectivity index (χ0n) is 34.3. The summed E-state index contributed by atoms with van der Waals surface area (Å²) in [5, 5.41) is 19.4. The van der Waals surface area contributed by atoms with E-state index in [-0.39, 0.29) is 0 Å². The van der Waals surface area contributed by atoms with Gasteiger partial charge in [-0.1, -0.05) is 0 Å². The Balaban J connectivity index is 1.06. The fraction of sp³-hybridized carbons (Fsp3) is 0.757. The van der Waals surface area contributed by atoms with Gasteiger partial charge in [0.05, 0.1) is 40.8 Å². The second-order valence-electron chi connectivity index (χ2n) is 18.3. The van der Waals surface area contributed by atoms with Crippen LogP contribution in [0.3, 0.4) is 0 Å². The Labute approximate surface area is 371 Å². The lowest BCUT2D eigenvalue weighted by Gasteiger charge is -2.30.